The molecule has 1 rings (SSSR count). The van der Waals surface area contributed by atoms with Crippen molar-refractivity contribution in [2.75, 3.05) is 13.7 Å². The van der Waals surface area contributed by atoms with Crippen LogP contribution in [0.2, 0.25) is 0 Å². The smallest absolute Gasteiger partial charge is 0.219 e. The van der Waals surface area contributed by atoms with Gasteiger partial charge in [0.25, 0.3) is 0 Å². The first-order chi connectivity index (χ1) is 8.61. The van der Waals surface area contributed by atoms with Crippen molar-refractivity contribution in [3.63, 3.8) is 0 Å². The second-order valence-corrected chi connectivity index (χ2v) is 4.32. The summed E-state index contributed by atoms with van der Waals surface area (Å²) in [6, 6.07) is 7.66. The third-order valence-electron chi connectivity index (χ3n) is 2.55. The Balaban J connectivity index is 2.28. The summed E-state index contributed by atoms with van der Waals surface area (Å²) in [5, 5.41) is 11.8. The van der Waals surface area contributed by atoms with Crippen molar-refractivity contribution in [3.8, 4) is 5.75 Å². The number of carbonyl (C=O) groups excluding carboxylic acids is 1. The molecule has 0 aliphatic rings. The summed E-state index contributed by atoms with van der Waals surface area (Å²) in [4.78, 5) is 11.0. The maximum atomic E-state index is 11.0. The predicted molar refractivity (Wildman–Crippen MR) is 70.6 cm³/mol. The van der Waals surface area contributed by atoms with Crippen LogP contribution in [0.4, 0.5) is 0 Å². The Kier molecular flexibility index (Phi) is 6.22. The number of ether oxygens (including phenoxy) is 1. The molecule has 100 valence electrons. The third kappa shape index (κ3) is 5.68. The molecule has 0 saturated carbocycles. The molecule has 0 bridgehead atoms. The standard InChI is InChI=1S/C14H21NO3/c1-11(16)10-12-5-7-13(8-6-12)18-9-3-4-14(17)15-2/h5-8,11,16H,3-4,9-10H2,1-2H3,(H,15,17). The molecule has 1 aromatic rings. The van der Waals surface area contributed by atoms with E-state index in [1.165, 1.54) is 0 Å². The number of amides is 1. The molecular formula is C14H21NO3. The summed E-state index contributed by atoms with van der Waals surface area (Å²) in [5.74, 6) is 0.826. The van der Waals surface area contributed by atoms with Gasteiger partial charge in [-0.05, 0) is 37.5 Å². The van der Waals surface area contributed by atoms with E-state index in [4.69, 9.17) is 4.74 Å². The van der Waals surface area contributed by atoms with Crippen molar-refractivity contribution in [1.82, 2.24) is 5.32 Å². The highest BCUT2D eigenvalue weighted by Crippen LogP contribution is 2.13. The van der Waals surface area contributed by atoms with Gasteiger partial charge in [-0.25, -0.2) is 0 Å². The topological polar surface area (TPSA) is 58.6 Å². The van der Waals surface area contributed by atoms with E-state index >= 15 is 0 Å². The number of nitrogens with one attached hydrogen (secondary N) is 1. The van der Waals surface area contributed by atoms with Crippen LogP contribution in [-0.2, 0) is 11.2 Å². The molecule has 0 fully saturated rings. The number of hydrogen-bond donors (Lipinski definition) is 2. The quantitative estimate of drug-likeness (QED) is 0.722. The van der Waals surface area contributed by atoms with Crippen LogP contribution in [0, 0.1) is 0 Å². The van der Waals surface area contributed by atoms with Crippen molar-refractivity contribution in [1.29, 1.82) is 0 Å². The van der Waals surface area contributed by atoms with Crippen LogP contribution in [0.3, 0.4) is 0 Å². The van der Waals surface area contributed by atoms with E-state index in [0.717, 1.165) is 11.3 Å². The van der Waals surface area contributed by atoms with Crippen LogP contribution in [0.25, 0.3) is 0 Å². The average Bonchev–Trinajstić information content (AvgIpc) is 2.35. The fourth-order valence-electron chi connectivity index (χ4n) is 1.61. The Morgan fingerprint density at radius 1 is 1.39 bits per heavy atom. The van der Waals surface area contributed by atoms with E-state index < -0.39 is 0 Å². The number of aliphatic hydroxyl groups is 1. The summed E-state index contributed by atoms with van der Waals surface area (Å²) in [5.41, 5.74) is 1.09. The number of aliphatic hydroxyl groups excluding tert-OH is 1. The van der Waals surface area contributed by atoms with E-state index in [1.807, 2.05) is 24.3 Å². The molecule has 0 radical (unpaired) electrons. The Hall–Kier alpha value is -1.55. The van der Waals surface area contributed by atoms with Crippen LogP contribution < -0.4 is 10.1 Å². The lowest BCUT2D eigenvalue weighted by Gasteiger charge is -2.08. The second-order valence-electron chi connectivity index (χ2n) is 4.32. The third-order valence-corrected chi connectivity index (χ3v) is 2.55. The highest BCUT2D eigenvalue weighted by molar-refractivity contribution is 5.75. The fraction of sp³-hybridized carbons (Fsp3) is 0.500. The molecule has 18 heavy (non-hydrogen) atoms. The number of carbonyl (C=O) groups is 1. The van der Waals surface area contributed by atoms with Crippen LogP contribution in [0.15, 0.2) is 24.3 Å². The Morgan fingerprint density at radius 2 is 2.06 bits per heavy atom. The van der Waals surface area contributed by atoms with Gasteiger partial charge in [-0.2, -0.15) is 0 Å². The average molecular weight is 251 g/mol. The maximum absolute atomic E-state index is 11.0. The van der Waals surface area contributed by atoms with Gasteiger partial charge in [-0.15, -0.1) is 0 Å². The van der Waals surface area contributed by atoms with Gasteiger partial charge in [0.15, 0.2) is 0 Å². The van der Waals surface area contributed by atoms with Gasteiger partial charge in [0.1, 0.15) is 5.75 Å². The number of hydrogen-bond acceptors (Lipinski definition) is 3. The fourth-order valence-corrected chi connectivity index (χ4v) is 1.61. The zero-order valence-corrected chi connectivity index (χ0v) is 11.0. The number of rotatable bonds is 7. The molecule has 4 heteroatoms. The molecule has 0 saturated heterocycles. The summed E-state index contributed by atoms with van der Waals surface area (Å²) < 4.78 is 5.52. The zero-order valence-electron chi connectivity index (χ0n) is 11.0. The molecule has 0 spiro atoms. The molecular weight excluding hydrogens is 230 g/mol. The molecule has 2 N–H and O–H groups in total. The summed E-state index contributed by atoms with van der Waals surface area (Å²) in [6.07, 6.45) is 1.51. The lowest BCUT2D eigenvalue weighted by atomic mass is 10.1. The highest BCUT2D eigenvalue weighted by Gasteiger charge is 2.01. The lowest BCUT2D eigenvalue weighted by molar-refractivity contribution is -0.120. The van der Waals surface area contributed by atoms with Crippen molar-refractivity contribution >= 4 is 5.91 Å². The minimum atomic E-state index is -0.329. The molecule has 1 amide bonds. The van der Waals surface area contributed by atoms with Gasteiger partial charge in [0.05, 0.1) is 12.7 Å². The minimum absolute atomic E-state index is 0.0332. The van der Waals surface area contributed by atoms with Gasteiger partial charge in [-0.1, -0.05) is 12.1 Å². The van der Waals surface area contributed by atoms with Crippen molar-refractivity contribution < 1.29 is 14.6 Å². The highest BCUT2D eigenvalue weighted by atomic mass is 16.5. The van der Waals surface area contributed by atoms with E-state index in [0.29, 0.717) is 25.9 Å². The van der Waals surface area contributed by atoms with Crippen molar-refractivity contribution in [3.05, 3.63) is 29.8 Å². The largest absolute Gasteiger partial charge is 0.494 e. The minimum Gasteiger partial charge on any atom is -0.494 e. The summed E-state index contributed by atoms with van der Waals surface area (Å²) >= 11 is 0. The van der Waals surface area contributed by atoms with Gasteiger partial charge in [0.2, 0.25) is 5.91 Å². The summed E-state index contributed by atoms with van der Waals surface area (Å²) in [7, 11) is 1.63. The molecule has 0 heterocycles. The van der Waals surface area contributed by atoms with E-state index in [-0.39, 0.29) is 12.0 Å². The van der Waals surface area contributed by atoms with Crippen molar-refractivity contribution in [2.45, 2.75) is 32.3 Å². The summed E-state index contributed by atoms with van der Waals surface area (Å²) in [6.45, 7) is 2.30. The first-order valence-corrected chi connectivity index (χ1v) is 6.22. The molecule has 4 nitrogen and oxygen atoms in total. The SMILES string of the molecule is CNC(=O)CCCOc1ccc(CC(C)O)cc1. The van der Waals surface area contributed by atoms with Crippen LogP contribution in [0.1, 0.15) is 25.3 Å². The molecule has 0 aliphatic carbocycles. The van der Waals surface area contributed by atoms with Crippen molar-refractivity contribution in [2.24, 2.45) is 0 Å². The second kappa shape index (κ2) is 7.71. The zero-order chi connectivity index (χ0) is 13.4. The Morgan fingerprint density at radius 3 is 2.61 bits per heavy atom. The first kappa shape index (κ1) is 14.5. The number of benzene rings is 1. The predicted octanol–water partition coefficient (Wildman–Crippen LogP) is 1.51. The molecule has 1 unspecified atom stereocenters. The van der Waals surface area contributed by atoms with Gasteiger partial charge in [0, 0.05) is 13.5 Å². The van der Waals surface area contributed by atoms with Gasteiger partial charge in [-0.3, -0.25) is 4.79 Å². The van der Waals surface area contributed by atoms with Crippen LogP contribution in [0.5, 0.6) is 5.75 Å². The first-order valence-electron chi connectivity index (χ1n) is 6.22. The van der Waals surface area contributed by atoms with E-state index in [1.54, 1.807) is 14.0 Å². The Labute approximate surface area is 108 Å². The van der Waals surface area contributed by atoms with Gasteiger partial charge < -0.3 is 15.2 Å². The lowest BCUT2D eigenvalue weighted by Crippen LogP contribution is -2.18. The molecule has 1 atom stereocenters. The van der Waals surface area contributed by atoms with E-state index in [2.05, 4.69) is 5.32 Å². The normalized spacial score (nSPS) is 11.9. The Bertz CT molecular complexity index is 360. The molecule has 1 aromatic carbocycles. The molecule has 0 aliphatic heterocycles. The van der Waals surface area contributed by atoms with Crippen LogP contribution in [-0.4, -0.2) is 30.8 Å². The maximum Gasteiger partial charge on any atom is 0.219 e. The van der Waals surface area contributed by atoms with Crippen LogP contribution >= 0.6 is 0 Å². The van der Waals surface area contributed by atoms with Gasteiger partial charge >= 0.3 is 0 Å². The molecule has 0 aromatic heterocycles. The van der Waals surface area contributed by atoms with E-state index in [9.17, 15) is 9.90 Å². The monoisotopic (exact) mass is 251 g/mol.